The average Bonchev–Trinajstić information content (AvgIpc) is 2.61. The minimum absolute atomic E-state index is 0.0535. The molecule has 4 heteroatoms. The van der Waals surface area contributed by atoms with Gasteiger partial charge < -0.3 is 14.4 Å². The highest BCUT2D eigenvalue weighted by molar-refractivity contribution is 5.58. The summed E-state index contributed by atoms with van der Waals surface area (Å²) in [6.45, 7) is 11.4. The van der Waals surface area contributed by atoms with Gasteiger partial charge in [0, 0.05) is 26.2 Å². The van der Waals surface area contributed by atoms with Gasteiger partial charge in [-0.05, 0) is 52.2 Å². The highest BCUT2D eigenvalue weighted by atomic mass is 16.5. The van der Waals surface area contributed by atoms with Crippen LogP contribution in [-0.2, 0) is 4.74 Å². The molecule has 2 fully saturated rings. The maximum absolute atomic E-state index is 6.24. The van der Waals surface area contributed by atoms with Crippen molar-refractivity contribution in [2.45, 2.75) is 51.2 Å². The summed E-state index contributed by atoms with van der Waals surface area (Å²) < 4.78 is 11.7. The lowest BCUT2D eigenvalue weighted by molar-refractivity contribution is -0.135. The number of methoxy groups -OCH3 is 1. The van der Waals surface area contributed by atoms with Crippen LogP contribution in [0.25, 0.3) is 0 Å². The van der Waals surface area contributed by atoms with E-state index in [4.69, 9.17) is 9.47 Å². The number of ether oxygens (including phenoxy) is 2. The first-order valence-electron chi connectivity index (χ1n) is 9.71. The highest BCUT2D eigenvalue weighted by Crippen LogP contribution is 2.34. The van der Waals surface area contributed by atoms with Gasteiger partial charge in [0.25, 0.3) is 0 Å². The third-order valence-corrected chi connectivity index (χ3v) is 5.39. The first-order valence-corrected chi connectivity index (χ1v) is 9.71. The Kier molecular flexibility index (Phi) is 5.79. The average molecular weight is 357 g/mol. The Morgan fingerprint density at radius 1 is 1.08 bits per heavy atom. The minimum Gasteiger partial charge on any atom is -0.495 e. The van der Waals surface area contributed by atoms with E-state index in [1.165, 1.54) is 12.1 Å². The summed E-state index contributed by atoms with van der Waals surface area (Å²) in [5.41, 5.74) is 0.842. The van der Waals surface area contributed by atoms with Crippen LogP contribution in [0.1, 0.15) is 40.0 Å². The number of anilines is 1. The van der Waals surface area contributed by atoms with Crippen LogP contribution in [0.3, 0.4) is 0 Å². The summed E-state index contributed by atoms with van der Waals surface area (Å²) in [7, 11) is 1.74. The summed E-state index contributed by atoms with van der Waals surface area (Å²) in [6, 6.07) is 8.25. The second-order valence-electron chi connectivity index (χ2n) is 8.18. The van der Waals surface area contributed by atoms with E-state index in [9.17, 15) is 0 Å². The fraction of sp³-hybridized carbons (Fsp3) is 0.636. The molecule has 2 aliphatic rings. The Morgan fingerprint density at radius 3 is 2.50 bits per heavy atom. The molecule has 1 atom stereocenters. The molecule has 0 bridgehead atoms. The van der Waals surface area contributed by atoms with E-state index >= 15 is 0 Å². The Morgan fingerprint density at radius 2 is 1.81 bits per heavy atom. The van der Waals surface area contributed by atoms with Gasteiger partial charge in [0.15, 0.2) is 0 Å². The first-order chi connectivity index (χ1) is 12.4. The molecule has 142 valence electrons. The molecule has 0 amide bonds. The third kappa shape index (κ3) is 4.72. The second-order valence-corrected chi connectivity index (χ2v) is 8.18. The Labute approximate surface area is 158 Å². The monoisotopic (exact) mass is 356 g/mol. The number of piperazine rings is 1. The molecule has 1 aromatic carbocycles. The zero-order chi connectivity index (χ0) is 18.6. The Bertz CT molecular complexity index is 668. The van der Waals surface area contributed by atoms with E-state index in [1.54, 1.807) is 7.11 Å². The summed E-state index contributed by atoms with van der Waals surface area (Å²) >= 11 is 0. The van der Waals surface area contributed by atoms with Gasteiger partial charge in [-0.2, -0.15) is 0 Å². The maximum atomic E-state index is 6.24. The molecule has 0 aromatic heterocycles. The van der Waals surface area contributed by atoms with E-state index in [1.807, 2.05) is 12.1 Å². The summed E-state index contributed by atoms with van der Waals surface area (Å²) in [5, 5.41) is 0. The van der Waals surface area contributed by atoms with Crippen LogP contribution in [-0.4, -0.2) is 55.9 Å². The van der Waals surface area contributed by atoms with E-state index < -0.39 is 0 Å². The van der Waals surface area contributed by atoms with Crippen molar-refractivity contribution in [1.82, 2.24) is 4.90 Å². The molecule has 0 spiro atoms. The largest absolute Gasteiger partial charge is 0.495 e. The standard InChI is InChI=1S/C22H32N2O2/c1-21(2)11-7-12-22(3,26-21)13-8-14-23-15-17-24(18-16-23)19-9-5-6-10-20(19)25-4/h5-6,9-10H,7,11-12,14-18H2,1-4H3. The van der Waals surface area contributed by atoms with E-state index in [-0.39, 0.29) is 11.2 Å². The van der Waals surface area contributed by atoms with Gasteiger partial charge in [-0.15, -0.1) is 0 Å². The van der Waals surface area contributed by atoms with Gasteiger partial charge in [0.05, 0.1) is 24.9 Å². The van der Waals surface area contributed by atoms with Crippen molar-refractivity contribution in [1.29, 1.82) is 0 Å². The van der Waals surface area contributed by atoms with Gasteiger partial charge in [0.1, 0.15) is 11.4 Å². The van der Waals surface area contributed by atoms with Crippen LogP contribution in [0.5, 0.6) is 5.75 Å². The molecule has 0 saturated carbocycles. The molecular weight excluding hydrogens is 324 g/mol. The third-order valence-electron chi connectivity index (χ3n) is 5.39. The summed E-state index contributed by atoms with van der Waals surface area (Å²) in [4.78, 5) is 4.83. The van der Waals surface area contributed by atoms with Crippen molar-refractivity contribution in [2.24, 2.45) is 0 Å². The fourth-order valence-electron chi connectivity index (χ4n) is 4.03. The van der Waals surface area contributed by atoms with Crippen molar-refractivity contribution >= 4 is 5.69 Å². The highest BCUT2D eigenvalue weighted by Gasteiger charge is 2.35. The van der Waals surface area contributed by atoms with Gasteiger partial charge in [0.2, 0.25) is 0 Å². The molecule has 4 nitrogen and oxygen atoms in total. The molecule has 3 rings (SSSR count). The molecule has 2 aliphatic heterocycles. The van der Waals surface area contributed by atoms with E-state index in [2.05, 4.69) is 54.5 Å². The molecule has 1 unspecified atom stereocenters. The van der Waals surface area contributed by atoms with Crippen LogP contribution in [0.4, 0.5) is 5.69 Å². The van der Waals surface area contributed by atoms with E-state index in [0.717, 1.165) is 51.3 Å². The van der Waals surface area contributed by atoms with Crippen molar-refractivity contribution in [3.05, 3.63) is 24.3 Å². The lowest BCUT2D eigenvalue weighted by Crippen LogP contribution is -2.46. The van der Waals surface area contributed by atoms with Crippen LogP contribution in [0.15, 0.2) is 24.3 Å². The predicted molar refractivity (Wildman–Crippen MR) is 107 cm³/mol. The first kappa shape index (κ1) is 19.1. The topological polar surface area (TPSA) is 24.9 Å². The lowest BCUT2D eigenvalue weighted by atomic mass is 9.88. The molecule has 0 aliphatic carbocycles. The fourth-order valence-corrected chi connectivity index (χ4v) is 4.03. The number of para-hydroxylation sites is 2. The number of rotatable bonds is 3. The number of nitrogens with zero attached hydrogens (tertiary/aromatic N) is 2. The molecule has 0 radical (unpaired) electrons. The summed E-state index contributed by atoms with van der Waals surface area (Å²) in [6.07, 6.45) is 3.34. The van der Waals surface area contributed by atoms with Crippen LogP contribution < -0.4 is 9.64 Å². The van der Waals surface area contributed by atoms with Gasteiger partial charge in [-0.3, -0.25) is 4.90 Å². The zero-order valence-electron chi connectivity index (χ0n) is 16.7. The normalized spacial score (nSPS) is 26.1. The van der Waals surface area contributed by atoms with Crippen LogP contribution in [0, 0.1) is 11.8 Å². The minimum atomic E-state index is -0.291. The number of hydrogen-bond donors (Lipinski definition) is 0. The molecule has 2 heterocycles. The van der Waals surface area contributed by atoms with E-state index in [0.29, 0.717) is 0 Å². The molecule has 26 heavy (non-hydrogen) atoms. The lowest BCUT2D eigenvalue weighted by Gasteiger charge is -2.40. The molecule has 0 N–H and O–H groups in total. The SMILES string of the molecule is COc1ccccc1N1CCN(CC#CC2(C)CCCC(C)(C)O2)CC1. The van der Waals surface area contributed by atoms with Crippen LogP contribution in [0.2, 0.25) is 0 Å². The maximum Gasteiger partial charge on any atom is 0.142 e. The summed E-state index contributed by atoms with van der Waals surface area (Å²) in [5.74, 6) is 7.75. The Hall–Kier alpha value is -1.70. The van der Waals surface area contributed by atoms with Gasteiger partial charge >= 0.3 is 0 Å². The van der Waals surface area contributed by atoms with Crippen LogP contribution >= 0.6 is 0 Å². The van der Waals surface area contributed by atoms with Gasteiger partial charge in [-0.25, -0.2) is 0 Å². The van der Waals surface area contributed by atoms with Crippen molar-refractivity contribution in [3.63, 3.8) is 0 Å². The Balaban J connectivity index is 1.52. The predicted octanol–water partition coefficient (Wildman–Crippen LogP) is 3.56. The number of benzene rings is 1. The molecule has 2 saturated heterocycles. The quantitative estimate of drug-likeness (QED) is 0.773. The zero-order valence-corrected chi connectivity index (χ0v) is 16.7. The number of hydrogen-bond acceptors (Lipinski definition) is 4. The second kappa shape index (κ2) is 7.90. The smallest absolute Gasteiger partial charge is 0.142 e. The van der Waals surface area contributed by atoms with Crippen molar-refractivity contribution in [3.8, 4) is 17.6 Å². The van der Waals surface area contributed by atoms with Gasteiger partial charge in [-0.1, -0.05) is 24.0 Å². The van der Waals surface area contributed by atoms with Crippen molar-refractivity contribution in [2.75, 3.05) is 44.7 Å². The molecule has 1 aromatic rings. The molecular formula is C22H32N2O2. The van der Waals surface area contributed by atoms with Crippen molar-refractivity contribution < 1.29 is 9.47 Å².